The molecule has 0 aliphatic carbocycles. The van der Waals surface area contributed by atoms with E-state index < -0.39 is 5.97 Å². The number of hydrogen-bond acceptors (Lipinski definition) is 6. The fraction of sp³-hybridized carbons (Fsp3) is 0.273. The third-order valence-electron chi connectivity index (χ3n) is 2.61. The first kappa shape index (κ1) is 12.8. The highest BCUT2D eigenvalue weighted by molar-refractivity contribution is 5.90. The lowest BCUT2D eigenvalue weighted by Crippen LogP contribution is -2.19. The van der Waals surface area contributed by atoms with Gasteiger partial charge in [0.2, 0.25) is 0 Å². The van der Waals surface area contributed by atoms with E-state index in [9.17, 15) is 4.79 Å². The van der Waals surface area contributed by atoms with Crippen molar-refractivity contribution in [2.24, 2.45) is 7.05 Å². The van der Waals surface area contributed by atoms with Gasteiger partial charge in [0.25, 0.3) is 0 Å². The molecule has 8 heteroatoms. The largest absolute Gasteiger partial charge is 0.478 e. The van der Waals surface area contributed by atoms with E-state index in [-0.39, 0.29) is 5.56 Å². The lowest BCUT2D eigenvalue weighted by atomic mass is 10.1. The molecule has 0 aliphatic rings. The minimum atomic E-state index is -1.00. The van der Waals surface area contributed by atoms with E-state index in [2.05, 4.69) is 15.4 Å². The molecule has 0 unspecified atom stereocenters. The van der Waals surface area contributed by atoms with Crippen molar-refractivity contribution in [2.45, 2.75) is 6.54 Å². The van der Waals surface area contributed by atoms with Gasteiger partial charge in [0.05, 0.1) is 30.5 Å². The molecule has 1 aromatic carbocycles. The molecular formula is C11H14N6O2. The highest BCUT2D eigenvalue weighted by atomic mass is 16.4. The molecule has 0 atom stereocenters. The van der Waals surface area contributed by atoms with Gasteiger partial charge in [-0.05, 0) is 23.4 Å². The van der Waals surface area contributed by atoms with Gasteiger partial charge < -0.3 is 15.7 Å². The minimum Gasteiger partial charge on any atom is -0.478 e. The topological polar surface area (TPSA) is 110 Å². The Morgan fingerprint density at radius 2 is 2.26 bits per heavy atom. The van der Waals surface area contributed by atoms with Crippen LogP contribution in [-0.4, -0.2) is 38.3 Å². The molecule has 1 heterocycles. The maximum Gasteiger partial charge on any atom is 0.335 e. The van der Waals surface area contributed by atoms with Crippen LogP contribution in [0.15, 0.2) is 18.2 Å². The zero-order chi connectivity index (χ0) is 14.0. The van der Waals surface area contributed by atoms with Crippen LogP contribution in [0.3, 0.4) is 0 Å². The SMILES string of the molecule is CN(Cc1nnn(C)n1)c1ccc(C(=O)O)cc1N. The van der Waals surface area contributed by atoms with Crippen LogP contribution in [0, 0.1) is 0 Å². The Hall–Kier alpha value is -2.64. The fourth-order valence-corrected chi connectivity index (χ4v) is 1.72. The van der Waals surface area contributed by atoms with Crippen molar-refractivity contribution in [3.63, 3.8) is 0 Å². The molecule has 0 radical (unpaired) electrons. The first-order chi connectivity index (χ1) is 8.97. The van der Waals surface area contributed by atoms with E-state index in [1.54, 1.807) is 13.1 Å². The number of nitrogens with two attached hydrogens (primary N) is 1. The lowest BCUT2D eigenvalue weighted by molar-refractivity contribution is 0.0697. The molecule has 1 aromatic heterocycles. The molecule has 0 saturated carbocycles. The van der Waals surface area contributed by atoms with Gasteiger partial charge in [-0.15, -0.1) is 10.2 Å². The summed E-state index contributed by atoms with van der Waals surface area (Å²) in [6.45, 7) is 0.435. The second kappa shape index (κ2) is 4.92. The maximum atomic E-state index is 10.8. The second-order valence-corrected chi connectivity index (χ2v) is 4.13. The van der Waals surface area contributed by atoms with Gasteiger partial charge in [-0.1, -0.05) is 0 Å². The summed E-state index contributed by atoms with van der Waals surface area (Å²) in [6, 6.07) is 4.60. The average molecular weight is 262 g/mol. The number of hydrogen-bond donors (Lipinski definition) is 2. The molecule has 2 rings (SSSR count). The van der Waals surface area contributed by atoms with Crippen molar-refractivity contribution in [2.75, 3.05) is 17.7 Å². The number of aromatic nitrogens is 4. The van der Waals surface area contributed by atoms with Crippen LogP contribution in [0.4, 0.5) is 11.4 Å². The molecule has 8 nitrogen and oxygen atoms in total. The van der Waals surface area contributed by atoms with E-state index in [1.165, 1.54) is 16.9 Å². The number of carboxylic acid groups (broad SMARTS) is 1. The Bertz CT molecular complexity index is 609. The Labute approximate surface area is 109 Å². The van der Waals surface area contributed by atoms with Gasteiger partial charge >= 0.3 is 5.97 Å². The number of carboxylic acids is 1. The fourth-order valence-electron chi connectivity index (χ4n) is 1.72. The first-order valence-corrected chi connectivity index (χ1v) is 5.54. The standard InChI is InChI=1S/C11H14N6O2/c1-16(6-10-13-15-17(2)14-10)9-4-3-7(11(18)19)5-8(9)12/h3-5H,6,12H2,1-2H3,(H,18,19). The lowest BCUT2D eigenvalue weighted by Gasteiger charge is -2.19. The second-order valence-electron chi connectivity index (χ2n) is 4.13. The van der Waals surface area contributed by atoms with Gasteiger partial charge in [-0.2, -0.15) is 4.80 Å². The van der Waals surface area contributed by atoms with Crippen LogP contribution < -0.4 is 10.6 Å². The number of nitrogen functional groups attached to an aromatic ring is 1. The molecule has 0 saturated heterocycles. The predicted octanol–water partition coefficient (Wildman–Crippen LogP) is 0.127. The summed E-state index contributed by atoms with van der Waals surface area (Å²) in [5.41, 5.74) is 7.13. The van der Waals surface area contributed by atoms with Gasteiger partial charge in [-0.3, -0.25) is 0 Å². The molecule has 2 aromatic rings. The molecule has 0 spiro atoms. The maximum absolute atomic E-state index is 10.8. The number of rotatable bonds is 4. The Morgan fingerprint density at radius 1 is 1.53 bits per heavy atom. The van der Waals surface area contributed by atoms with E-state index in [1.807, 2.05) is 11.9 Å². The molecule has 3 N–H and O–H groups in total. The summed E-state index contributed by atoms with van der Waals surface area (Å²) >= 11 is 0. The van der Waals surface area contributed by atoms with Crippen molar-refractivity contribution >= 4 is 17.3 Å². The van der Waals surface area contributed by atoms with Crippen LogP contribution in [0.25, 0.3) is 0 Å². The molecule has 0 fully saturated rings. The van der Waals surface area contributed by atoms with Gasteiger partial charge in [-0.25, -0.2) is 4.79 Å². The predicted molar refractivity (Wildman–Crippen MR) is 68.7 cm³/mol. The van der Waals surface area contributed by atoms with Gasteiger partial charge in [0, 0.05) is 7.05 Å². The number of aryl methyl sites for hydroxylation is 1. The Kier molecular flexibility index (Phi) is 3.32. The number of tetrazole rings is 1. The van der Waals surface area contributed by atoms with Crippen LogP contribution >= 0.6 is 0 Å². The summed E-state index contributed by atoms with van der Waals surface area (Å²) in [6.07, 6.45) is 0. The molecule has 0 aliphatic heterocycles. The van der Waals surface area contributed by atoms with Gasteiger partial charge in [0.1, 0.15) is 0 Å². The average Bonchev–Trinajstić information content (AvgIpc) is 2.74. The number of nitrogens with zero attached hydrogens (tertiary/aromatic N) is 5. The summed E-state index contributed by atoms with van der Waals surface area (Å²) < 4.78 is 0. The highest BCUT2D eigenvalue weighted by Gasteiger charge is 2.11. The van der Waals surface area contributed by atoms with Crippen LogP contribution in [-0.2, 0) is 13.6 Å². The molecule has 19 heavy (non-hydrogen) atoms. The number of aromatic carboxylic acids is 1. The summed E-state index contributed by atoms with van der Waals surface area (Å²) in [4.78, 5) is 14.0. The number of benzene rings is 1. The minimum absolute atomic E-state index is 0.160. The van der Waals surface area contributed by atoms with Crippen LogP contribution in [0.2, 0.25) is 0 Å². The van der Waals surface area contributed by atoms with Crippen LogP contribution in [0.5, 0.6) is 0 Å². The van der Waals surface area contributed by atoms with Gasteiger partial charge in [0.15, 0.2) is 5.82 Å². The monoisotopic (exact) mass is 262 g/mol. The van der Waals surface area contributed by atoms with E-state index in [0.29, 0.717) is 18.1 Å². The van der Waals surface area contributed by atoms with Crippen molar-refractivity contribution < 1.29 is 9.90 Å². The zero-order valence-corrected chi connectivity index (χ0v) is 10.6. The van der Waals surface area contributed by atoms with Crippen molar-refractivity contribution in [1.82, 2.24) is 20.2 Å². The third-order valence-corrected chi connectivity index (χ3v) is 2.61. The van der Waals surface area contributed by atoms with Crippen molar-refractivity contribution in [3.8, 4) is 0 Å². The molecule has 0 amide bonds. The number of anilines is 2. The van der Waals surface area contributed by atoms with Crippen molar-refractivity contribution in [1.29, 1.82) is 0 Å². The van der Waals surface area contributed by atoms with E-state index in [4.69, 9.17) is 10.8 Å². The Balaban J connectivity index is 2.19. The molecule has 0 bridgehead atoms. The number of carbonyl (C=O) groups is 1. The summed E-state index contributed by atoms with van der Waals surface area (Å²) in [5.74, 6) is -0.441. The normalized spacial score (nSPS) is 10.4. The van der Waals surface area contributed by atoms with Crippen molar-refractivity contribution in [3.05, 3.63) is 29.6 Å². The third kappa shape index (κ3) is 2.79. The first-order valence-electron chi connectivity index (χ1n) is 5.54. The van der Waals surface area contributed by atoms with E-state index in [0.717, 1.165) is 5.69 Å². The highest BCUT2D eigenvalue weighted by Crippen LogP contribution is 2.24. The summed E-state index contributed by atoms with van der Waals surface area (Å²) in [7, 11) is 3.51. The summed E-state index contributed by atoms with van der Waals surface area (Å²) in [5, 5.41) is 20.6. The van der Waals surface area contributed by atoms with E-state index >= 15 is 0 Å². The molecular weight excluding hydrogens is 248 g/mol. The van der Waals surface area contributed by atoms with Crippen LogP contribution in [0.1, 0.15) is 16.2 Å². The Morgan fingerprint density at radius 3 is 2.79 bits per heavy atom. The zero-order valence-electron chi connectivity index (χ0n) is 10.6. The quantitative estimate of drug-likeness (QED) is 0.753. The molecule has 100 valence electrons. The smallest absolute Gasteiger partial charge is 0.335 e.